The van der Waals surface area contributed by atoms with Crippen molar-refractivity contribution in [3.05, 3.63) is 75.9 Å². The summed E-state index contributed by atoms with van der Waals surface area (Å²) >= 11 is 0. The fourth-order valence-electron chi connectivity index (χ4n) is 4.57. The van der Waals surface area contributed by atoms with Gasteiger partial charge >= 0.3 is 0 Å². The van der Waals surface area contributed by atoms with Crippen LogP contribution in [0.2, 0.25) is 0 Å². The van der Waals surface area contributed by atoms with Crippen LogP contribution < -0.4 is 0 Å². The van der Waals surface area contributed by atoms with Gasteiger partial charge in [-0.15, -0.1) is 0 Å². The average molecular weight is 361 g/mol. The first-order chi connectivity index (χ1) is 12.7. The molecule has 0 aromatic heterocycles. The minimum absolute atomic E-state index is 0.212. The lowest BCUT2D eigenvalue weighted by Crippen LogP contribution is -2.34. The molecule has 2 aromatic carbocycles. The van der Waals surface area contributed by atoms with E-state index in [2.05, 4.69) is 71.9 Å². The Bertz CT molecular complexity index is 883. The minimum atomic E-state index is 0.212. The van der Waals surface area contributed by atoms with Crippen LogP contribution in [0.4, 0.5) is 0 Å². The second kappa shape index (κ2) is 7.11. The number of aldehydes is 1. The van der Waals surface area contributed by atoms with E-state index in [1.165, 1.54) is 40.7 Å². The summed E-state index contributed by atoms with van der Waals surface area (Å²) < 4.78 is 0. The molecule has 0 spiro atoms. The predicted molar refractivity (Wildman–Crippen MR) is 116 cm³/mol. The van der Waals surface area contributed by atoms with Crippen LogP contribution in [-0.4, -0.2) is 6.29 Å². The summed E-state index contributed by atoms with van der Waals surface area (Å²) in [5.74, 6) is 0.281. The summed E-state index contributed by atoms with van der Waals surface area (Å²) in [6.45, 7) is 14.0. The quantitative estimate of drug-likeness (QED) is 0.437. The van der Waals surface area contributed by atoms with E-state index in [-0.39, 0.29) is 16.7 Å². The van der Waals surface area contributed by atoms with E-state index in [4.69, 9.17) is 0 Å². The van der Waals surface area contributed by atoms with Gasteiger partial charge in [0.1, 0.15) is 6.29 Å². The molecule has 0 saturated heterocycles. The zero-order valence-electron chi connectivity index (χ0n) is 17.6. The Balaban J connectivity index is 2.14. The summed E-state index contributed by atoms with van der Waals surface area (Å²) in [5, 5.41) is 0. The zero-order valence-corrected chi connectivity index (χ0v) is 17.6. The Labute approximate surface area is 164 Å². The van der Waals surface area contributed by atoms with Crippen molar-refractivity contribution >= 4 is 12.4 Å². The highest BCUT2D eigenvalue weighted by molar-refractivity contribution is 5.75. The van der Waals surface area contributed by atoms with E-state index in [0.29, 0.717) is 0 Å². The Morgan fingerprint density at radius 1 is 0.926 bits per heavy atom. The van der Waals surface area contributed by atoms with Gasteiger partial charge in [-0.25, -0.2) is 0 Å². The van der Waals surface area contributed by atoms with Crippen LogP contribution in [0.3, 0.4) is 0 Å². The fourth-order valence-corrected chi connectivity index (χ4v) is 4.57. The molecule has 1 unspecified atom stereocenters. The molecule has 142 valence electrons. The summed E-state index contributed by atoms with van der Waals surface area (Å²) in [7, 11) is 0. The number of carbonyl (C=O) groups is 1. The maximum Gasteiger partial charge on any atom is 0.142 e. The number of aryl methyl sites for hydroxylation is 1. The van der Waals surface area contributed by atoms with Crippen LogP contribution in [0.1, 0.15) is 86.8 Å². The Hall–Kier alpha value is -2.15. The second-order valence-corrected chi connectivity index (χ2v) is 9.37. The molecule has 0 radical (unpaired) electrons. The molecule has 1 aliphatic rings. The van der Waals surface area contributed by atoms with E-state index in [9.17, 15) is 4.79 Å². The molecule has 0 aliphatic heterocycles. The predicted octanol–water partition coefficient (Wildman–Crippen LogP) is 6.71. The highest BCUT2D eigenvalue weighted by atomic mass is 16.1. The normalized spacial score (nSPS) is 18.9. The van der Waals surface area contributed by atoms with Crippen molar-refractivity contribution < 1.29 is 4.79 Å². The van der Waals surface area contributed by atoms with Crippen molar-refractivity contribution in [1.82, 2.24) is 0 Å². The van der Waals surface area contributed by atoms with Crippen LogP contribution in [0.25, 0.3) is 6.08 Å². The molecule has 0 saturated carbocycles. The molecular formula is C26H32O. The molecule has 27 heavy (non-hydrogen) atoms. The molecule has 0 heterocycles. The van der Waals surface area contributed by atoms with Crippen LogP contribution >= 0.6 is 0 Å². The highest BCUT2D eigenvalue weighted by Crippen LogP contribution is 2.47. The Morgan fingerprint density at radius 2 is 1.52 bits per heavy atom. The van der Waals surface area contributed by atoms with Gasteiger partial charge in [0.15, 0.2) is 0 Å². The SMILES string of the molecule is Cc1cc2c(cc1C(C)c1ccccc1/C=C/C=O)C(C)(C)CCC2(C)C. The molecule has 3 rings (SSSR count). The first-order valence-electron chi connectivity index (χ1n) is 10.0. The molecular weight excluding hydrogens is 328 g/mol. The van der Waals surface area contributed by atoms with Crippen molar-refractivity contribution in [3.8, 4) is 0 Å². The minimum Gasteiger partial charge on any atom is -0.299 e. The third-order valence-electron chi connectivity index (χ3n) is 6.52. The van der Waals surface area contributed by atoms with Crippen LogP contribution in [-0.2, 0) is 15.6 Å². The van der Waals surface area contributed by atoms with Gasteiger partial charge in [0.05, 0.1) is 0 Å². The highest BCUT2D eigenvalue weighted by Gasteiger charge is 2.37. The first-order valence-corrected chi connectivity index (χ1v) is 10.0. The van der Waals surface area contributed by atoms with Gasteiger partial charge in [0.2, 0.25) is 0 Å². The zero-order chi connectivity index (χ0) is 19.8. The number of hydrogen-bond acceptors (Lipinski definition) is 1. The number of allylic oxidation sites excluding steroid dienone is 1. The monoisotopic (exact) mass is 360 g/mol. The molecule has 1 heteroatoms. The van der Waals surface area contributed by atoms with E-state index in [1.807, 2.05) is 12.1 Å². The van der Waals surface area contributed by atoms with E-state index in [1.54, 1.807) is 6.08 Å². The molecule has 1 nitrogen and oxygen atoms in total. The van der Waals surface area contributed by atoms with Gasteiger partial charge in [-0.05, 0) is 70.1 Å². The number of fused-ring (bicyclic) bond motifs is 1. The molecule has 2 aromatic rings. The largest absolute Gasteiger partial charge is 0.299 e. The van der Waals surface area contributed by atoms with Gasteiger partial charge in [-0.3, -0.25) is 4.79 Å². The summed E-state index contributed by atoms with van der Waals surface area (Å²) in [5.41, 5.74) is 8.62. The topological polar surface area (TPSA) is 17.1 Å². The number of hydrogen-bond donors (Lipinski definition) is 0. The standard InChI is InChI=1S/C26H32O/c1-18-16-23-24(26(5,6)14-13-25(23,3)4)17-22(18)19(2)21-12-8-7-10-20(21)11-9-15-27/h7-12,15-17,19H,13-14H2,1-6H3/b11-9+. The number of carbonyl (C=O) groups excluding carboxylic acids is 1. The van der Waals surface area contributed by atoms with Gasteiger partial charge < -0.3 is 0 Å². The maximum atomic E-state index is 10.8. The van der Waals surface area contributed by atoms with Crippen LogP contribution in [0.15, 0.2) is 42.5 Å². The van der Waals surface area contributed by atoms with Gasteiger partial charge in [-0.2, -0.15) is 0 Å². The van der Waals surface area contributed by atoms with Gasteiger partial charge in [0.25, 0.3) is 0 Å². The number of rotatable bonds is 4. The smallest absolute Gasteiger partial charge is 0.142 e. The fraction of sp³-hybridized carbons (Fsp3) is 0.423. The van der Waals surface area contributed by atoms with Crippen molar-refractivity contribution in [3.63, 3.8) is 0 Å². The molecule has 0 fully saturated rings. The van der Waals surface area contributed by atoms with E-state index < -0.39 is 0 Å². The molecule has 0 bridgehead atoms. The van der Waals surface area contributed by atoms with Crippen LogP contribution in [0.5, 0.6) is 0 Å². The maximum absolute atomic E-state index is 10.8. The molecule has 0 N–H and O–H groups in total. The summed E-state index contributed by atoms with van der Waals surface area (Å²) in [4.78, 5) is 10.8. The third-order valence-corrected chi connectivity index (χ3v) is 6.52. The summed E-state index contributed by atoms with van der Waals surface area (Å²) in [6.07, 6.45) is 6.80. The van der Waals surface area contributed by atoms with Crippen molar-refractivity contribution in [2.75, 3.05) is 0 Å². The first kappa shape index (κ1) is 19.6. The molecule has 0 amide bonds. The van der Waals surface area contributed by atoms with Gasteiger partial charge in [-0.1, -0.05) is 77.1 Å². The average Bonchev–Trinajstić information content (AvgIpc) is 2.63. The lowest BCUT2D eigenvalue weighted by atomic mass is 9.62. The third kappa shape index (κ3) is 3.65. The van der Waals surface area contributed by atoms with E-state index >= 15 is 0 Å². The lowest BCUT2D eigenvalue weighted by molar-refractivity contribution is -0.104. The second-order valence-electron chi connectivity index (χ2n) is 9.37. The Morgan fingerprint density at radius 3 is 2.15 bits per heavy atom. The van der Waals surface area contributed by atoms with E-state index in [0.717, 1.165) is 11.8 Å². The van der Waals surface area contributed by atoms with Gasteiger partial charge in [0, 0.05) is 5.92 Å². The lowest BCUT2D eigenvalue weighted by Gasteiger charge is -2.42. The molecule has 1 aliphatic carbocycles. The van der Waals surface area contributed by atoms with Crippen molar-refractivity contribution in [1.29, 1.82) is 0 Å². The Kier molecular flexibility index (Phi) is 5.16. The molecule has 1 atom stereocenters. The van der Waals surface area contributed by atoms with Crippen molar-refractivity contribution in [2.24, 2.45) is 0 Å². The number of benzene rings is 2. The van der Waals surface area contributed by atoms with Crippen molar-refractivity contribution in [2.45, 2.75) is 71.1 Å². The summed E-state index contributed by atoms with van der Waals surface area (Å²) in [6, 6.07) is 13.3. The van der Waals surface area contributed by atoms with Crippen LogP contribution in [0, 0.1) is 6.92 Å².